The summed E-state index contributed by atoms with van der Waals surface area (Å²) < 4.78 is 9.58. The zero-order valence-corrected chi connectivity index (χ0v) is 49.6. The Labute approximate surface area is 528 Å². The second-order valence-electron chi connectivity index (χ2n) is 24.0. The van der Waals surface area contributed by atoms with E-state index < -0.39 is 0 Å². The standard InChI is InChI=1S/C85H51N7/c86-52-53-18-17-20-59(44-53)84-83-65-25-8-7-19-54(65)34-39-74(83)87-85(88-84)60-45-63(91-77-32-15-11-28-68(77)72-49-57(37-42-81(72)91)55-35-40-79-70(47-55)66-26-9-13-30-75(66)89(79)61-21-3-1-4-22-61)51-64(46-60)92-78-33-16-12-29-69(78)73-50-58(38-43-82(73)92)56-36-41-80-71(48-56)67-27-10-14-31-76(67)90(80)62-23-5-2-6-24-62/h1-51H. The highest BCUT2D eigenvalue weighted by Gasteiger charge is 2.23. The number of fused-ring (bicyclic) bond motifs is 15. The fourth-order valence-electron chi connectivity index (χ4n) is 14.8. The van der Waals surface area contributed by atoms with Crippen LogP contribution in [0, 0.1) is 11.3 Å². The number of hydrogen-bond acceptors (Lipinski definition) is 3. The monoisotopic (exact) mass is 1170 g/mol. The van der Waals surface area contributed by atoms with Crippen LogP contribution >= 0.6 is 0 Å². The Morgan fingerprint density at radius 3 is 1.09 bits per heavy atom. The Balaban J connectivity index is 0.830. The largest absolute Gasteiger partial charge is 0.309 e. The van der Waals surface area contributed by atoms with E-state index in [4.69, 9.17) is 9.97 Å². The SMILES string of the molecule is N#Cc1cccc(-c2nc(-c3cc(-n4c5ccccc5c5cc(-c6ccc7c(c6)c6ccccc6n7-c6ccccc6)ccc54)cc(-n4c5ccccc5c5cc(-c6ccc7c(c6)c6ccccc6n7-c6ccccc6)ccc54)c3)nc3ccc4ccccc4c23)c1. The molecule has 0 spiro atoms. The topological polar surface area (TPSA) is 69.3 Å². The molecule has 19 aromatic rings. The molecule has 92 heavy (non-hydrogen) atoms. The molecule has 0 aliphatic rings. The lowest BCUT2D eigenvalue weighted by Crippen LogP contribution is -2.02. The minimum absolute atomic E-state index is 0.566. The van der Waals surface area contributed by atoms with Crippen LogP contribution in [0.25, 0.3) is 177 Å². The molecule has 19 rings (SSSR count). The van der Waals surface area contributed by atoms with Crippen molar-refractivity contribution < 1.29 is 0 Å². The second kappa shape index (κ2) is 20.2. The highest BCUT2D eigenvalue weighted by atomic mass is 15.0. The third-order valence-electron chi connectivity index (χ3n) is 18.9. The molecule has 0 N–H and O–H groups in total. The molecule has 0 aliphatic heterocycles. The van der Waals surface area contributed by atoms with Gasteiger partial charge in [-0.1, -0.05) is 176 Å². The van der Waals surface area contributed by atoms with Gasteiger partial charge in [0.05, 0.1) is 67.0 Å². The third-order valence-corrected chi connectivity index (χ3v) is 18.9. The number of para-hydroxylation sites is 6. The number of nitriles is 1. The van der Waals surface area contributed by atoms with E-state index in [0.29, 0.717) is 11.4 Å². The molecule has 5 heterocycles. The quantitative estimate of drug-likeness (QED) is 0.142. The Kier molecular flexibility index (Phi) is 11.3. The lowest BCUT2D eigenvalue weighted by Gasteiger charge is -2.17. The number of aromatic nitrogens is 6. The van der Waals surface area contributed by atoms with Crippen molar-refractivity contribution in [3.8, 4) is 73.7 Å². The molecule has 0 saturated carbocycles. The summed E-state index contributed by atoms with van der Waals surface area (Å²) in [6, 6.07) is 114. The normalized spacial score (nSPS) is 11.9. The summed E-state index contributed by atoms with van der Waals surface area (Å²) in [6.45, 7) is 0. The molecule has 0 fully saturated rings. The number of benzene rings is 14. The molecule has 0 amide bonds. The van der Waals surface area contributed by atoms with Crippen molar-refractivity contribution in [2.75, 3.05) is 0 Å². The van der Waals surface area contributed by atoms with Crippen LogP contribution in [0.4, 0.5) is 0 Å². The number of hydrogen-bond donors (Lipinski definition) is 0. The summed E-state index contributed by atoms with van der Waals surface area (Å²) >= 11 is 0. The predicted octanol–water partition coefficient (Wildman–Crippen LogP) is 21.7. The first-order valence-corrected chi connectivity index (χ1v) is 31.2. The Bertz CT molecular complexity index is 6040. The maximum absolute atomic E-state index is 10.2. The van der Waals surface area contributed by atoms with Crippen LogP contribution in [0.3, 0.4) is 0 Å². The molecule has 5 aromatic heterocycles. The van der Waals surface area contributed by atoms with Crippen molar-refractivity contribution in [3.05, 3.63) is 315 Å². The highest BCUT2D eigenvalue weighted by molar-refractivity contribution is 6.16. The van der Waals surface area contributed by atoms with Gasteiger partial charge in [0.25, 0.3) is 0 Å². The fourth-order valence-corrected chi connectivity index (χ4v) is 14.8. The lowest BCUT2D eigenvalue weighted by molar-refractivity contribution is 1.13. The maximum Gasteiger partial charge on any atom is 0.160 e. The van der Waals surface area contributed by atoms with Gasteiger partial charge in [0.2, 0.25) is 0 Å². The van der Waals surface area contributed by atoms with E-state index in [-0.39, 0.29) is 0 Å². The molecule has 14 aromatic carbocycles. The molecular weight excluding hydrogens is 1120 g/mol. The van der Waals surface area contributed by atoms with E-state index in [1.54, 1.807) is 0 Å². The molecule has 7 heteroatoms. The first kappa shape index (κ1) is 51.4. The fraction of sp³-hybridized carbons (Fsp3) is 0. The van der Waals surface area contributed by atoms with Crippen molar-refractivity contribution in [2.24, 2.45) is 0 Å². The molecule has 7 nitrogen and oxygen atoms in total. The van der Waals surface area contributed by atoms with E-state index in [2.05, 4.69) is 316 Å². The van der Waals surface area contributed by atoms with Gasteiger partial charge in [0.15, 0.2) is 5.82 Å². The van der Waals surface area contributed by atoms with E-state index in [1.165, 1.54) is 43.6 Å². The van der Waals surface area contributed by atoms with Crippen LogP contribution in [-0.2, 0) is 0 Å². The predicted molar refractivity (Wildman–Crippen MR) is 381 cm³/mol. The molecule has 0 bridgehead atoms. The van der Waals surface area contributed by atoms with Gasteiger partial charge < -0.3 is 18.3 Å². The lowest BCUT2D eigenvalue weighted by atomic mass is 9.98. The molecule has 0 aliphatic carbocycles. The van der Waals surface area contributed by atoms with Crippen molar-refractivity contribution in [2.45, 2.75) is 0 Å². The second-order valence-corrected chi connectivity index (χ2v) is 24.0. The molecule has 426 valence electrons. The van der Waals surface area contributed by atoms with Crippen LogP contribution in [0.2, 0.25) is 0 Å². The van der Waals surface area contributed by atoms with E-state index in [1.807, 2.05) is 18.2 Å². The number of nitrogens with zero attached hydrogens (tertiary/aromatic N) is 7. The number of rotatable bonds is 8. The molecule has 0 saturated heterocycles. The summed E-state index contributed by atoms with van der Waals surface area (Å²) in [5.74, 6) is 0.576. The zero-order chi connectivity index (χ0) is 60.5. The first-order chi connectivity index (χ1) is 45.6. The van der Waals surface area contributed by atoms with Crippen LogP contribution in [0.5, 0.6) is 0 Å². The van der Waals surface area contributed by atoms with Crippen LogP contribution in [0.1, 0.15) is 5.56 Å². The summed E-state index contributed by atoms with van der Waals surface area (Å²) in [6.07, 6.45) is 0. The van der Waals surface area contributed by atoms with Crippen molar-refractivity contribution in [1.29, 1.82) is 5.26 Å². The van der Waals surface area contributed by atoms with Gasteiger partial charge in [0, 0.05) is 82.4 Å². The minimum Gasteiger partial charge on any atom is -0.309 e. The van der Waals surface area contributed by atoms with Gasteiger partial charge in [-0.25, -0.2) is 9.97 Å². The molecule has 0 unspecified atom stereocenters. The summed E-state index contributed by atoms with van der Waals surface area (Å²) in [7, 11) is 0. The van der Waals surface area contributed by atoms with E-state index in [9.17, 15) is 5.26 Å². The van der Waals surface area contributed by atoms with Gasteiger partial charge in [-0.05, 0) is 166 Å². The van der Waals surface area contributed by atoms with E-state index in [0.717, 1.165) is 127 Å². The minimum atomic E-state index is 0.566. The molecule has 0 atom stereocenters. The van der Waals surface area contributed by atoms with E-state index >= 15 is 0 Å². The molecule has 0 radical (unpaired) electrons. The van der Waals surface area contributed by atoms with Crippen LogP contribution < -0.4 is 0 Å². The van der Waals surface area contributed by atoms with Crippen molar-refractivity contribution in [3.63, 3.8) is 0 Å². The Hall–Kier alpha value is -12.6. The van der Waals surface area contributed by atoms with Crippen molar-refractivity contribution >= 4 is 109 Å². The Morgan fingerprint density at radius 1 is 0.250 bits per heavy atom. The molecular formula is C85H51N7. The van der Waals surface area contributed by atoms with Gasteiger partial charge >= 0.3 is 0 Å². The van der Waals surface area contributed by atoms with Gasteiger partial charge in [-0.15, -0.1) is 0 Å². The van der Waals surface area contributed by atoms with Gasteiger partial charge in [-0.2, -0.15) is 5.26 Å². The van der Waals surface area contributed by atoms with Crippen molar-refractivity contribution in [1.82, 2.24) is 28.2 Å². The highest BCUT2D eigenvalue weighted by Crippen LogP contribution is 2.44. The summed E-state index contributed by atoms with van der Waals surface area (Å²) in [5.41, 5.74) is 21.7. The average molecular weight is 1170 g/mol. The summed E-state index contributed by atoms with van der Waals surface area (Å²) in [5, 5.41) is 22.8. The van der Waals surface area contributed by atoms with Gasteiger partial charge in [-0.3, -0.25) is 0 Å². The zero-order valence-electron chi connectivity index (χ0n) is 49.6. The Morgan fingerprint density at radius 2 is 0.641 bits per heavy atom. The van der Waals surface area contributed by atoms with Crippen LogP contribution in [0.15, 0.2) is 309 Å². The third kappa shape index (κ3) is 7.88. The first-order valence-electron chi connectivity index (χ1n) is 31.2. The maximum atomic E-state index is 10.2. The van der Waals surface area contributed by atoms with Gasteiger partial charge in [0.1, 0.15) is 0 Å². The summed E-state index contributed by atoms with van der Waals surface area (Å²) in [4.78, 5) is 11.2. The average Bonchev–Trinajstić information content (AvgIpc) is 1.49. The van der Waals surface area contributed by atoms with Crippen LogP contribution in [-0.4, -0.2) is 28.2 Å². The smallest absolute Gasteiger partial charge is 0.160 e.